The molecule has 0 aromatic carbocycles. The summed E-state index contributed by atoms with van der Waals surface area (Å²) in [6, 6.07) is -0.764. The highest BCUT2D eigenvalue weighted by molar-refractivity contribution is 5.85. The van der Waals surface area contributed by atoms with Crippen LogP contribution in [0.4, 0.5) is 0 Å². The van der Waals surface area contributed by atoms with Crippen molar-refractivity contribution in [2.24, 2.45) is 10.9 Å². The number of aliphatic hydroxyl groups is 2. The first-order valence-electron chi connectivity index (χ1n) is 4.14. The third-order valence-corrected chi connectivity index (χ3v) is 1.76. The van der Waals surface area contributed by atoms with Crippen LogP contribution < -0.4 is 11.1 Å². The van der Waals surface area contributed by atoms with E-state index in [0.717, 1.165) is 0 Å². The summed E-state index contributed by atoms with van der Waals surface area (Å²) in [7, 11) is 0. The zero-order valence-electron chi connectivity index (χ0n) is 7.64. The maximum Gasteiger partial charge on any atom is 0.156 e. The van der Waals surface area contributed by atoms with Gasteiger partial charge in [-0.3, -0.25) is 0 Å². The number of oxime groups is 1. The monoisotopic (exact) mass is 191 g/mol. The van der Waals surface area contributed by atoms with E-state index in [-0.39, 0.29) is 25.1 Å². The smallest absolute Gasteiger partial charge is 0.156 e. The number of amidine groups is 1. The Morgan fingerprint density at radius 1 is 1.46 bits per heavy atom. The minimum atomic E-state index is -0.440. The maximum absolute atomic E-state index is 8.76. The van der Waals surface area contributed by atoms with Crippen LogP contribution in [0.3, 0.4) is 0 Å². The summed E-state index contributed by atoms with van der Waals surface area (Å²) in [5, 5.41) is 31.6. The Hall–Kier alpha value is -0.850. The zero-order chi connectivity index (χ0) is 10.3. The van der Waals surface area contributed by atoms with Crippen LogP contribution >= 0.6 is 0 Å². The van der Waals surface area contributed by atoms with E-state index in [1.165, 1.54) is 0 Å². The highest BCUT2D eigenvalue weighted by atomic mass is 16.4. The van der Waals surface area contributed by atoms with Crippen LogP contribution in [-0.4, -0.2) is 46.6 Å². The van der Waals surface area contributed by atoms with Crippen molar-refractivity contribution in [1.82, 2.24) is 5.32 Å². The predicted octanol–water partition coefficient (Wildman–Crippen LogP) is -1.55. The molecule has 0 aromatic rings. The number of rotatable bonds is 6. The van der Waals surface area contributed by atoms with Gasteiger partial charge in [-0.25, -0.2) is 0 Å². The molecule has 0 saturated carbocycles. The second-order valence-corrected chi connectivity index (χ2v) is 2.71. The average molecular weight is 191 g/mol. The Morgan fingerprint density at radius 2 is 2.00 bits per heavy atom. The molecule has 0 amide bonds. The van der Waals surface area contributed by atoms with E-state index in [0.29, 0.717) is 6.42 Å². The molecule has 0 bridgehead atoms. The van der Waals surface area contributed by atoms with Crippen molar-refractivity contribution in [2.45, 2.75) is 25.4 Å². The lowest BCUT2D eigenvalue weighted by atomic mass is 10.2. The van der Waals surface area contributed by atoms with E-state index in [9.17, 15) is 0 Å². The molecule has 0 fully saturated rings. The lowest BCUT2D eigenvalue weighted by Crippen LogP contribution is -2.49. The molecule has 0 aromatic heterocycles. The molecule has 0 spiro atoms. The molecule has 0 radical (unpaired) electrons. The van der Waals surface area contributed by atoms with Crippen LogP contribution in [0.1, 0.15) is 13.3 Å². The molecular formula is C7H17N3O3. The SMILES string of the molecule is CCC(NC(CO)CO)C(N)=NO. The fourth-order valence-electron chi connectivity index (χ4n) is 0.930. The van der Waals surface area contributed by atoms with Crippen LogP contribution in [0, 0.1) is 0 Å². The Morgan fingerprint density at radius 3 is 2.31 bits per heavy atom. The molecular weight excluding hydrogens is 174 g/mol. The molecule has 1 unspecified atom stereocenters. The summed E-state index contributed by atoms with van der Waals surface area (Å²) in [5.74, 6) is 0.0504. The number of nitrogens with two attached hydrogens (primary N) is 1. The maximum atomic E-state index is 8.76. The lowest BCUT2D eigenvalue weighted by molar-refractivity contribution is 0.166. The van der Waals surface area contributed by atoms with Crippen molar-refractivity contribution in [3.05, 3.63) is 0 Å². The van der Waals surface area contributed by atoms with Gasteiger partial charge in [0.1, 0.15) is 0 Å². The first-order chi connectivity index (χ1) is 6.19. The van der Waals surface area contributed by atoms with Crippen LogP contribution in [0.15, 0.2) is 5.16 Å². The first kappa shape index (κ1) is 12.2. The summed E-state index contributed by atoms with van der Waals surface area (Å²) in [4.78, 5) is 0. The van der Waals surface area contributed by atoms with Crippen LogP contribution in [0.2, 0.25) is 0 Å². The summed E-state index contributed by atoms with van der Waals surface area (Å²) in [5.41, 5.74) is 5.36. The van der Waals surface area contributed by atoms with Crippen molar-refractivity contribution in [2.75, 3.05) is 13.2 Å². The van der Waals surface area contributed by atoms with Gasteiger partial charge in [-0.2, -0.15) is 0 Å². The Balaban J connectivity index is 4.10. The zero-order valence-corrected chi connectivity index (χ0v) is 7.64. The van der Waals surface area contributed by atoms with E-state index in [4.69, 9.17) is 21.2 Å². The van der Waals surface area contributed by atoms with Crippen LogP contribution in [-0.2, 0) is 0 Å². The molecule has 0 saturated heterocycles. The van der Waals surface area contributed by atoms with Crippen molar-refractivity contribution < 1.29 is 15.4 Å². The summed E-state index contributed by atoms with van der Waals surface area (Å²) in [6.45, 7) is 1.47. The van der Waals surface area contributed by atoms with Crippen LogP contribution in [0.25, 0.3) is 0 Å². The van der Waals surface area contributed by atoms with Gasteiger partial charge in [-0.15, -0.1) is 0 Å². The van der Waals surface area contributed by atoms with Gasteiger partial charge in [-0.05, 0) is 6.42 Å². The van der Waals surface area contributed by atoms with E-state index >= 15 is 0 Å². The number of hydrogen-bond donors (Lipinski definition) is 5. The van der Waals surface area contributed by atoms with Gasteiger partial charge in [0.25, 0.3) is 0 Å². The van der Waals surface area contributed by atoms with Crippen molar-refractivity contribution in [1.29, 1.82) is 0 Å². The van der Waals surface area contributed by atoms with Gasteiger partial charge in [0.2, 0.25) is 0 Å². The second-order valence-electron chi connectivity index (χ2n) is 2.71. The van der Waals surface area contributed by atoms with Crippen molar-refractivity contribution >= 4 is 5.84 Å². The molecule has 6 N–H and O–H groups in total. The highest BCUT2D eigenvalue weighted by Crippen LogP contribution is 1.93. The van der Waals surface area contributed by atoms with E-state index in [1.807, 2.05) is 6.92 Å². The molecule has 6 heteroatoms. The summed E-state index contributed by atoms with van der Waals surface area (Å²) in [6.07, 6.45) is 0.617. The highest BCUT2D eigenvalue weighted by Gasteiger charge is 2.15. The van der Waals surface area contributed by atoms with E-state index in [1.54, 1.807) is 0 Å². The fraction of sp³-hybridized carbons (Fsp3) is 0.857. The van der Waals surface area contributed by atoms with Gasteiger partial charge in [-0.1, -0.05) is 12.1 Å². The number of nitrogens with one attached hydrogen (secondary N) is 1. The van der Waals surface area contributed by atoms with Gasteiger partial charge in [0.05, 0.1) is 25.3 Å². The third kappa shape index (κ3) is 4.07. The molecule has 1 atom stereocenters. The predicted molar refractivity (Wildman–Crippen MR) is 48.6 cm³/mol. The van der Waals surface area contributed by atoms with Gasteiger partial charge < -0.3 is 26.5 Å². The minimum absolute atomic E-state index is 0.0504. The van der Waals surface area contributed by atoms with Gasteiger partial charge in [0.15, 0.2) is 5.84 Å². The minimum Gasteiger partial charge on any atom is -0.409 e. The Kier molecular flexibility index (Phi) is 6.21. The van der Waals surface area contributed by atoms with E-state index in [2.05, 4.69) is 10.5 Å². The number of nitrogens with zero attached hydrogens (tertiary/aromatic N) is 1. The van der Waals surface area contributed by atoms with Gasteiger partial charge >= 0.3 is 0 Å². The van der Waals surface area contributed by atoms with Crippen molar-refractivity contribution in [3.8, 4) is 0 Å². The number of aliphatic hydroxyl groups excluding tert-OH is 2. The standard InChI is InChI=1S/C7H17N3O3/c1-2-6(7(8)10-13)9-5(3-11)4-12/h5-6,9,11-13H,2-4H2,1H3,(H2,8,10). The second kappa shape index (κ2) is 6.64. The topological polar surface area (TPSA) is 111 Å². The molecule has 0 aliphatic rings. The molecule has 0 aliphatic carbocycles. The van der Waals surface area contributed by atoms with Gasteiger partial charge in [0, 0.05) is 0 Å². The van der Waals surface area contributed by atoms with E-state index < -0.39 is 6.04 Å². The fourth-order valence-corrected chi connectivity index (χ4v) is 0.930. The average Bonchev–Trinajstić information content (AvgIpc) is 2.19. The van der Waals surface area contributed by atoms with Crippen molar-refractivity contribution in [3.63, 3.8) is 0 Å². The molecule has 0 heterocycles. The molecule has 13 heavy (non-hydrogen) atoms. The van der Waals surface area contributed by atoms with Crippen LogP contribution in [0.5, 0.6) is 0 Å². The summed E-state index contributed by atoms with van der Waals surface area (Å²) >= 11 is 0. The quantitative estimate of drug-likeness (QED) is 0.151. The third-order valence-electron chi connectivity index (χ3n) is 1.76. The molecule has 78 valence electrons. The lowest BCUT2D eigenvalue weighted by Gasteiger charge is -2.20. The first-order valence-corrected chi connectivity index (χ1v) is 4.14. The molecule has 0 aliphatic heterocycles. The Labute approximate surface area is 77.1 Å². The normalized spacial score (nSPS) is 14.9. The number of hydrogen-bond acceptors (Lipinski definition) is 5. The Bertz CT molecular complexity index is 159. The summed E-state index contributed by atoms with van der Waals surface area (Å²) < 4.78 is 0. The molecule has 6 nitrogen and oxygen atoms in total. The molecule has 0 rings (SSSR count). The largest absolute Gasteiger partial charge is 0.409 e.